The molecule has 150 valence electrons. The number of halogens is 1. The van der Waals surface area contributed by atoms with E-state index in [9.17, 15) is 17.6 Å². The SMILES string of the molecule is O=C(c1cccc(NS(=O)(=O)c2ccc(F)c3ccccc23)c1)N1CCOCC1. The van der Waals surface area contributed by atoms with Gasteiger partial charge < -0.3 is 9.64 Å². The van der Waals surface area contributed by atoms with Crippen LogP contribution in [-0.4, -0.2) is 45.5 Å². The number of rotatable bonds is 4. The number of morpholine rings is 1. The highest BCUT2D eigenvalue weighted by Crippen LogP contribution is 2.27. The number of hydrogen-bond donors (Lipinski definition) is 1. The number of nitrogens with zero attached hydrogens (tertiary/aromatic N) is 1. The number of sulfonamides is 1. The minimum Gasteiger partial charge on any atom is -0.378 e. The van der Waals surface area contributed by atoms with E-state index in [1.54, 1.807) is 41.3 Å². The quantitative estimate of drug-likeness (QED) is 0.711. The van der Waals surface area contributed by atoms with Gasteiger partial charge >= 0.3 is 0 Å². The lowest BCUT2D eigenvalue weighted by Crippen LogP contribution is -2.40. The van der Waals surface area contributed by atoms with E-state index in [4.69, 9.17) is 4.74 Å². The van der Waals surface area contributed by atoms with Crippen molar-refractivity contribution in [2.75, 3.05) is 31.0 Å². The van der Waals surface area contributed by atoms with Gasteiger partial charge in [0.25, 0.3) is 15.9 Å². The van der Waals surface area contributed by atoms with Crippen LogP contribution in [0.1, 0.15) is 10.4 Å². The normalized spacial score (nSPS) is 14.7. The largest absolute Gasteiger partial charge is 0.378 e. The Bertz CT molecular complexity index is 1170. The summed E-state index contributed by atoms with van der Waals surface area (Å²) in [6.07, 6.45) is 0. The van der Waals surface area contributed by atoms with E-state index in [1.165, 1.54) is 18.2 Å². The molecule has 0 atom stereocenters. The maximum absolute atomic E-state index is 14.0. The Morgan fingerprint density at radius 3 is 2.45 bits per heavy atom. The summed E-state index contributed by atoms with van der Waals surface area (Å²) in [4.78, 5) is 14.3. The van der Waals surface area contributed by atoms with Gasteiger partial charge in [-0.2, -0.15) is 0 Å². The molecule has 1 N–H and O–H groups in total. The summed E-state index contributed by atoms with van der Waals surface area (Å²) in [6, 6.07) is 15.1. The van der Waals surface area contributed by atoms with E-state index in [0.29, 0.717) is 37.3 Å². The maximum Gasteiger partial charge on any atom is 0.262 e. The maximum atomic E-state index is 14.0. The predicted octanol–water partition coefficient (Wildman–Crippen LogP) is 3.25. The van der Waals surface area contributed by atoms with Crippen molar-refractivity contribution in [1.82, 2.24) is 4.90 Å². The summed E-state index contributed by atoms with van der Waals surface area (Å²) in [5.74, 6) is -0.667. The summed E-state index contributed by atoms with van der Waals surface area (Å²) in [5.41, 5.74) is 0.647. The number of anilines is 1. The van der Waals surface area contributed by atoms with Crippen LogP contribution in [0.25, 0.3) is 10.8 Å². The van der Waals surface area contributed by atoms with Gasteiger partial charge in [0, 0.05) is 35.1 Å². The van der Waals surface area contributed by atoms with Crippen LogP contribution < -0.4 is 4.72 Å². The highest BCUT2D eigenvalue weighted by molar-refractivity contribution is 7.93. The molecule has 0 spiro atoms. The van der Waals surface area contributed by atoms with E-state index < -0.39 is 15.8 Å². The number of fused-ring (bicyclic) bond motifs is 1. The highest BCUT2D eigenvalue weighted by Gasteiger charge is 2.21. The Labute approximate surface area is 168 Å². The molecule has 0 unspecified atom stereocenters. The smallest absolute Gasteiger partial charge is 0.262 e. The van der Waals surface area contributed by atoms with E-state index in [2.05, 4.69) is 4.72 Å². The zero-order valence-electron chi connectivity index (χ0n) is 15.5. The molecule has 3 aromatic carbocycles. The zero-order valence-corrected chi connectivity index (χ0v) is 16.3. The molecule has 1 amide bonds. The van der Waals surface area contributed by atoms with Crippen molar-refractivity contribution in [1.29, 1.82) is 0 Å². The van der Waals surface area contributed by atoms with E-state index >= 15 is 0 Å². The number of carbonyl (C=O) groups is 1. The predicted molar refractivity (Wildman–Crippen MR) is 108 cm³/mol. The molecule has 3 aromatic rings. The average Bonchev–Trinajstić information content (AvgIpc) is 2.74. The van der Waals surface area contributed by atoms with Crippen LogP contribution in [0.15, 0.2) is 65.6 Å². The monoisotopic (exact) mass is 414 g/mol. The van der Waals surface area contributed by atoms with E-state index in [0.717, 1.165) is 6.07 Å². The standard InChI is InChI=1S/C21H19FN2O4S/c22-19-8-9-20(18-7-2-1-6-17(18)19)29(26,27)23-16-5-3-4-15(14-16)21(25)24-10-12-28-13-11-24/h1-9,14,23H,10-13H2. The zero-order chi connectivity index (χ0) is 20.4. The molecule has 29 heavy (non-hydrogen) atoms. The molecule has 0 bridgehead atoms. The van der Waals surface area contributed by atoms with Crippen LogP contribution in [0.2, 0.25) is 0 Å². The van der Waals surface area contributed by atoms with Crippen molar-refractivity contribution < 1.29 is 22.3 Å². The highest BCUT2D eigenvalue weighted by atomic mass is 32.2. The third kappa shape index (κ3) is 3.94. The number of amides is 1. The van der Waals surface area contributed by atoms with Crippen LogP contribution in [0, 0.1) is 5.82 Å². The lowest BCUT2D eigenvalue weighted by atomic mass is 10.1. The number of hydrogen-bond acceptors (Lipinski definition) is 4. The lowest BCUT2D eigenvalue weighted by molar-refractivity contribution is 0.0303. The Morgan fingerprint density at radius 1 is 0.966 bits per heavy atom. The van der Waals surface area contributed by atoms with Gasteiger partial charge in [-0.15, -0.1) is 0 Å². The molecule has 1 fully saturated rings. The molecule has 1 heterocycles. The summed E-state index contributed by atoms with van der Waals surface area (Å²) in [7, 11) is -3.99. The summed E-state index contributed by atoms with van der Waals surface area (Å²) >= 11 is 0. The number of nitrogens with one attached hydrogen (secondary N) is 1. The third-order valence-corrected chi connectivity index (χ3v) is 6.22. The van der Waals surface area contributed by atoms with Crippen LogP contribution in [-0.2, 0) is 14.8 Å². The molecular weight excluding hydrogens is 395 g/mol. The number of ether oxygens (including phenoxy) is 1. The summed E-state index contributed by atoms with van der Waals surface area (Å²) in [5, 5.41) is 0.521. The summed E-state index contributed by atoms with van der Waals surface area (Å²) < 4.78 is 47.7. The van der Waals surface area contributed by atoms with Crippen molar-refractivity contribution in [2.45, 2.75) is 4.90 Å². The van der Waals surface area contributed by atoms with Gasteiger partial charge in [0.05, 0.1) is 18.1 Å². The van der Waals surface area contributed by atoms with Gasteiger partial charge in [-0.1, -0.05) is 30.3 Å². The molecular formula is C21H19FN2O4S. The Hall–Kier alpha value is -2.97. The van der Waals surface area contributed by atoms with Crippen LogP contribution in [0.4, 0.5) is 10.1 Å². The van der Waals surface area contributed by atoms with Crippen molar-refractivity contribution in [3.8, 4) is 0 Å². The first-order valence-corrected chi connectivity index (χ1v) is 10.6. The van der Waals surface area contributed by atoms with Gasteiger partial charge in [0.15, 0.2) is 0 Å². The van der Waals surface area contributed by atoms with Gasteiger partial charge in [0.2, 0.25) is 0 Å². The molecule has 0 saturated carbocycles. The fourth-order valence-electron chi connectivity index (χ4n) is 3.34. The summed E-state index contributed by atoms with van der Waals surface area (Å²) in [6.45, 7) is 1.96. The van der Waals surface area contributed by atoms with Crippen molar-refractivity contribution >= 4 is 32.4 Å². The Morgan fingerprint density at radius 2 is 1.69 bits per heavy atom. The fourth-order valence-corrected chi connectivity index (χ4v) is 4.61. The second-order valence-electron chi connectivity index (χ2n) is 6.68. The minimum atomic E-state index is -3.99. The average molecular weight is 414 g/mol. The topological polar surface area (TPSA) is 75.7 Å². The molecule has 1 aliphatic rings. The van der Waals surface area contributed by atoms with Crippen molar-refractivity contribution in [3.63, 3.8) is 0 Å². The van der Waals surface area contributed by atoms with Crippen LogP contribution in [0.5, 0.6) is 0 Å². The molecule has 6 nitrogen and oxygen atoms in total. The van der Waals surface area contributed by atoms with Gasteiger partial charge in [-0.05, 0) is 30.3 Å². The first-order valence-electron chi connectivity index (χ1n) is 9.13. The third-order valence-electron chi connectivity index (χ3n) is 4.78. The fraction of sp³-hybridized carbons (Fsp3) is 0.190. The molecule has 0 aromatic heterocycles. The van der Waals surface area contributed by atoms with Gasteiger partial charge in [0.1, 0.15) is 5.82 Å². The Balaban J connectivity index is 1.64. The van der Waals surface area contributed by atoms with E-state index in [-0.39, 0.29) is 21.9 Å². The lowest BCUT2D eigenvalue weighted by Gasteiger charge is -2.27. The second kappa shape index (κ2) is 7.81. The first-order chi connectivity index (χ1) is 14.0. The van der Waals surface area contributed by atoms with Crippen LogP contribution in [0.3, 0.4) is 0 Å². The van der Waals surface area contributed by atoms with E-state index in [1.807, 2.05) is 0 Å². The van der Waals surface area contributed by atoms with Gasteiger partial charge in [-0.3, -0.25) is 9.52 Å². The first kappa shape index (κ1) is 19.4. The molecule has 0 aliphatic carbocycles. The van der Waals surface area contributed by atoms with Gasteiger partial charge in [-0.25, -0.2) is 12.8 Å². The number of carbonyl (C=O) groups excluding carboxylic acids is 1. The minimum absolute atomic E-state index is 0.0283. The molecule has 1 aliphatic heterocycles. The molecule has 0 radical (unpaired) electrons. The molecule has 8 heteroatoms. The van der Waals surface area contributed by atoms with Crippen LogP contribution >= 0.6 is 0 Å². The number of benzene rings is 3. The van der Waals surface area contributed by atoms with Crippen molar-refractivity contribution in [3.05, 3.63) is 72.0 Å². The Kier molecular flexibility index (Phi) is 5.21. The molecule has 4 rings (SSSR count). The molecule has 1 saturated heterocycles. The van der Waals surface area contributed by atoms with Crippen molar-refractivity contribution in [2.24, 2.45) is 0 Å². The second-order valence-corrected chi connectivity index (χ2v) is 8.33.